The van der Waals surface area contributed by atoms with Crippen LogP contribution in [0.4, 0.5) is 0 Å². The number of piperazine rings is 1. The van der Waals surface area contributed by atoms with E-state index in [0.717, 1.165) is 31.6 Å². The molecule has 1 fully saturated rings. The molecule has 96 valence electrons. The Morgan fingerprint density at radius 1 is 1.33 bits per heavy atom. The lowest BCUT2D eigenvalue weighted by molar-refractivity contribution is 0.244. The molecule has 1 N–H and O–H groups in total. The van der Waals surface area contributed by atoms with Crippen LogP contribution in [0.1, 0.15) is 10.6 Å². The minimum Gasteiger partial charge on any atom is -0.314 e. The van der Waals surface area contributed by atoms with Crippen molar-refractivity contribution in [1.82, 2.24) is 15.2 Å². The van der Waals surface area contributed by atoms with Gasteiger partial charge in [0.1, 0.15) is 0 Å². The van der Waals surface area contributed by atoms with Crippen LogP contribution in [-0.2, 0) is 6.42 Å². The molecule has 3 rings (SSSR count). The van der Waals surface area contributed by atoms with Crippen LogP contribution in [0.25, 0.3) is 10.2 Å². The number of rotatable bonds is 3. The van der Waals surface area contributed by atoms with E-state index in [-0.39, 0.29) is 0 Å². The lowest BCUT2D eigenvalue weighted by Gasteiger charge is -2.27. The van der Waals surface area contributed by atoms with Gasteiger partial charge in [-0.15, -0.1) is 11.3 Å². The lowest BCUT2D eigenvalue weighted by Crippen LogP contribution is -2.44. The minimum absolute atomic E-state index is 1.13. The predicted molar refractivity (Wildman–Crippen MR) is 77.4 cm³/mol. The van der Waals surface area contributed by atoms with E-state index < -0.39 is 0 Å². The monoisotopic (exact) mass is 261 g/mol. The maximum atomic E-state index is 4.56. The molecule has 4 heteroatoms. The molecule has 0 saturated carbocycles. The highest BCUT2D eigenvalue weighted by Crippen LogP contribution is 2.25. The Kier molecular flexibility index (Phi) is 3.59. The highest BCUT2D eigenvalue weighted by molar-refractivity contribution is 7.18. The second kappa shape index (κ2) is 5.34. The number of aryl methyl sites for hydroxylation is 1. The van der Waals surface area contributed by atoms with Crippen LogP contribution in [0.5, 0.6) is 0 Å². The fourth-order valence-corrected chi connectivity index (χ4v) is 3.49. The van der Waals surface area contributed by atoms with E-state index in [0.29, 0.717) is 0 Å². The largest absolute Gasteiger partial charge is 0.314 e. The van der Waals surface area contributed by atoms with Crippen molar-refractivity contribution in [3.63, 3.8) is 0 Å². The standard InChI is InChI=1S/C14H19N3S/c1-11-16-13-4-2-3-12(14(13)18-11)5-8-17-9-6-15-7-10-17/h2-4,15H,5-10H2,1H3. The van der Waals surface area contributed by atoms with E-state index in [1.165, 1.54) is 28.4 Å². The molecule has 1 aromatic heterocycles. The van der Waals surface area contributed by atoms with Crippen molar-refractivity contribution in [2.75, 3.05) is 32.7 Å². The normalized spacial score (nSPS) is 17.4. The summed E-state index contributed by atoms with van der Waals surface area (Å²) in [5.41, 5.74) is 2.62. The molecule has 0 spiro atoms. The Hall–Kier alpha value is -0.970. The number of benzene rings is 1. The van der Waals surface area contributed by atoms with E-state index in [9.17, 15) is 0 Å². The number of fused-ring (bicyclic) bond motifs is 1. The van der Waals surface area contributed by atoms with Crippen molar-refractivity contribution in [3.05, 3.63) is 28.8 Å². The first-order valence-electron chi connectivity index (χ1n) is 6.61. The quantitative estimate of drug-likeness (QED) is 0.916. The van der Waals surface area contributed by atoms with E-state index in [1.54, 1.807) is 0 Å². The molecular formula is C14H19N3S. The smallest absolute Gasteiger partial charge is 0.0907 e. The maximum absolute atomic E-state index is 4.56. The molecular weight excluding hydrogens is 242 g/mol. The second-order valence-electron chi connectivity index (χ2n) is 4.84. The molecule has 1 aliphatic rings. The van der Waals surface area contributed by atoms with Crippen molar-refractivity contribution in [2.24, 2.45) is 0 Å². The molecule has 2 heterocycles. The summed E-state index contributed by atoms with van der Waals surface area (Å²) in [5, 5.41) is 4.56. The van der Waals surface area contributed by atoms with Crippen molar-refractivity contribution in [3.8, 4) is 0 Å². The van der Waals surface area contributed by atoms with Crippen molar-refractivity contribution in [1.29, 1.82) is 0 Å². The van der Waals surface area contributed by atoms with Crippen molar-refractivity contribution >= 4 is 21.6 Å². The first-order chi connectivity index (χ1) is 8.83. The van der Waals surface area contributed by atoms with Gasteiger partial charge < -0.3 is 10.2 Å². The van der Waals surface area contributed by atoms with Gasteiger partial charge in [-0.05, 0) is 25.0 Å². The van der Waals surface area contributed by atoms with Gasteiger partial charge in [0.25, 0.3) is 0 Å². The molecule has 0 bridgehead atoms. The molecule has 18 heavy (non-hydrogen) atoms. The number of nitrogens with zero attached hydrogens (tertiary/aromatic N) is 2. The SMILES string of the molecule is Cc1nc2cccc(CCN3CCNCC3)c2s1. The third-order valence-corrected chi connectivity index (χ3v) is 4.57. The van der Waals surface area contributed by atoms with Gasteiger partial charge in [-0.2, -0.15) is 0 Å². The summed E-state index contributed by atoms with van der Waals surface area (Å²) in [7, 11) is 0. The second-order valence-corrected chi connectivity index (χ2v) is 6.04. The Balaban J connectivity index is 1.73. The molecule has 0 atom stereocenters. The lowest BCUT2D eigenvalue weighted by atomic mass is 10.1. The zero-order valence-electron chi connectivity index (χ0n) is 10.8. The van der Waals surface area contributed by atoms with Gasteiger partial charge in [0, 0.05) is 32.7 Å². The van der Waals surface area contributed by atoms with E-state index >= 15 is 0 Å². The summed E-state index contributed by atoms with van der Waals surface area (Å²) in [6.07, 6.45) is 1.14. The average molecular weight is 261 g/mol. The zero-order chi connectivity index (χ0) is 12.4. The fourth-order valence-electron chi connectivity index (χ4n) is 2.53. The third-order valence-electron chi connectivity index (χ3n) is 3.51. The molecule has 0 unspecified atom stereocenters. The van der Waals surface area contributed by atoms with Crippen LogP contribution < -0.4 is 5.32 Å². The number of aromatic nitrogens is 1. The Labute approximate surface area is 112 Å². The first-order valence-corrected chi connectivity index (χ1v) is 7.43. The van der Waals surface area contributed by atoms with E-state index in [2.05, 4.69) is 40.3 Å². The molecule has 3 nitrogen and oxygen atoms in total. The highest BCUT2D eigenvalue weighted by Gasteiger charge is 2.11. The average Bonchev–Trinajstić information content (AvgIpc) is 2.78. The van der Waals surface area contributed by atoms with Gasteiger partial charge >= 0.3 is 0 Å². The van der Waals surface area contributed by atoms with Crippen LogP contribution in [-0.4, -0.2) is 42.6 Å². The number of hydrogen-bond acceptors (Lipinski definition) is 4. The number of nitrogens with one attached hydrogen (secondary N) is 1. The summed E-state index contributed by atoms with van der Waals surface area (Å²) >= 11 is 1.82. The zero-order valence-corrected chi connectivity index (χ0v) is 11.6. The molecule has 1 aromatic carbocycles. The fraction of sp³-hybridized carbons (Fsp3) is 0.500. The molecule has 0 radical (unpaired) electrons. The van der Waals surface area contributed by atoms with Crippen LogP contribution in [0.15, 0.2) is 18.2 Å². The van der Waals surface area contributed by atoms with Crippen molar-refractivity contribution < 1.29 is 0 Å². The third kappa shape index (κ3) is 2.55. The first kappa shape index (κ1) is 12.1. The Morgan fingerprint density at radius 2 is 2.17 bits per heavy atom. The molecule has 1 aliphatic heterocycles. The minimum atomic E-state index is 1.13. The number of hydrogen-bond donors (Lipinski definition) is 1. The number of thiazole rings is 1. The summed E-state index contributed by atoms with van der Waals surface area (Å²) in [4.78, 5) is 7.11. The molecule has 1 saturated heterocycles. The van der Waals surface area contributed by atoms with Gasteiger partial charge in [-0.3, -0.25) is 0 Å². The summed E-state index contributed by atoms with van der Waals surface area (Å²) in [5.74, 6) is 0. The Morgan fingerprint density at radius 3 is 3.00 bits per heavy atom. The van der Waals surface area contributed by atoms with Gasteiger partial charge in [0.2, 0.25) is 0 Å². The summed E-state index contributed by atoms with van der Waals surface area (Å²) < 4.78 is 1.38. The summed E-state index contributed by atoms with van der Waals surface area (Å²) in [6, 6.07) is 6.50. The van der Waals surface area contributed by atoms with Crippen LogP contribution in [0, 0.1) is 6.92 Å². The van der Waals surface area contributed by atoms with Gasteiger partial charge in [-0.25, -0.2) is 4.98 Å². The van der Waals surface area contributed by atoms with E-state index in [4.69, 9.17) is 0 Å². The van der Waals surface area contributed by atoms with Gasteiger partial charge in [0.15, 0.2) is 0 Å². The van der Waals surface area contributed by atoms with Gasteiger partial charge in [0.05, 0.1) is 15.2 Å². The molecule has 0 aliphatic carbocycles. The predicted octanol–water partition coefficient (Wildman–Crippen LogP) is 2.05. The molecule has 2 aromatic rings. The van der Waals surface area contributed by atoms with Crippen LogP contribution >= 0.6 is 11.3 Å². The van der Waals surface area contributed by atoms with Crippen LogP contribution in [0.3, 0.4) is 0 Å². The van der Waals surface area contributed by atoms with Crippen LogP contribution in [0.2, 0.25) is 0 Å². The summed E-state index contributed by atoms with van der Waals surface area (Å²) in [6.45, 7) is 7.87. The molecule has 0 amide bonds. The van der Waals surface area contributed by atoms with Gasteiger partial charge in [-0.1, -0.05) is 12.1 Å². The highest BCUT2D eigenvalue weighted by atomic mass is 32.1. The topological polar surface area (TPSA) is 28.2 Å². The Bertz CT molecular complexity index is 529. The van der Waals surface area contributed by atoms with Crippen molar-refractivity contribution in [2.45, 2.75) is 13.3 Å². The van der Waals surface area contributed by atoms with E-state index in [1.807, 2.05) is 11.3 Å². The maximum Gasteiger partial charge on any atom is 0.0907 e.